The van der Waals surface area contributed by atoms with Gasteiger partial charge in [0.05, 0.1) is 37.2 Å². The molecular formula is C25H24ClN5O3. The van der Waals surface area contributed by atoms with Crippen LogP contribution in [0.2, 0.25) is 5.02 Å². The average Bonchev–Trinajstić information content (AvgIpc) is 3.29. The molecule has 3 heterocycles. The van der Waals surface area contributed by atoms with Crippen LogP contribution in [0.25, 0.3) is 16.9 Å². The lowest BCUT2D eigenvalue weighted by atomic mass is 10.1. The molecule has 0 aliphatic carbocycles. The summed E-state index contributed by atoms with van der Waals surface area (Å²) >= 11 is 6.32. The maximum absolute atomic E-state index is 12.9. The van der Waals surface area contributed by atoms with Crippen LogP contribution >= 0.6 is 11.6 Å². The Morgan fingerprint density at radius 1 is 1.15 bits per heavy atom. The summed E-state index contributed by atoms with van der Waals surface area (Å²) in [5, 5.41) is 3.87. The summed E-state index contributed by atoms with van der Waals surface area (Å²) < 4.78 is 12.6. The predicted octanol–water partition coefficient (Wildman–Crippen LogP) is 4.58. The topological polar surface area (TPSA) is 81.0 Å². The Bertz CT molecular complexity index is 1360. The standard InChI is InChI=1S/C25H24ClN5O3/c1-16-13-18(4-5-19(16)25(32)30-9-11-34-12-10-30)29-23-24-28-15-21(31(24)8-7-27-23)17-3-6-22(33-2)20(26)14-17/h3-8,13-15H,9-12H2,1-2H3,(H,27,29). The van der Waals surface area contributed by atoms with Crippen LogP contribution in [-0.2, 0) is 4.74 Å². The van der Waals surface area contributed by atoms with Crippen LogP contribution in [0, 0.1) is 6.92 Å². The lowest BCUT2D eigenvalue weighted by Crippen LogP contribution is -2.40. The number of morpholine rings is 1. The lowest BCUT2D eigenvalue weighted by molar-refractivity contribution is 0.0302. The van der Waals surface area contributed by atoms with Gasteiger partial charge in [0.15, 0.2) is 11.5 Å². The number of fused-ring (bicyclic) bond motifs is 1. The number of aromatic nitrogens is 3. The molecule has 0 unspecified atom stereocenters. The Morgan fingerprint density at radius 3 is 2.71 bits per heavy atom. The van der Waals surface area contributed by atoms with Crippen LogP contribution in [0.15, 0.2) is 55.0 Å². The number of amides is 1. The van der Waals surface area contributed by atoms with Crippen LogP contribution in [0.3, 0.4) is 0 Å². The van der Waals surface area contributed by atoms with Crippen molar-refractivity contribution < 1.29 is 14.3 Å². The van der Waals surface area contributed by atoms with E-state index in [1.807, 2.05) is 58.8 Å². The number of methoxy groups -OCH3 is 1. The minimum Gasteiger partial charge on any atom is -0.495 e. The molecule has 0 saturated carbocycles. The van der Waals surface area contributed by atoms with E-state index in [0.29, 0.717) is 54.1 Å². The number of rotatable bonds is 5. The van der Waals surface area contributed by atoms with E-state index < -0.39 is 0 Å². The molecule has 0 atom stereocenters. The van der Waals surface area contributed by atoms with E-state index in [1.54, 1.807) is 19.5 Å². The molecule has 1 aliphatic rings. The second-order valence-electron chi connectivity index (χ2n) is 8.02. The van der Waals surface area contributed by atoms with Crippen molar-refractivity contribution in [3.8, 4) is 17.0 Å². The number of anilines is 2. The van der Waals surface area contributed by atoms with Crippen LogP contribution in [0.4, 0.5) is 11.5 Å². The molecule has 1 aliphatic heterocycles. The first-order chi connectivity index (χ1) is 16.5. The van der Waals surface area contributed by atoms with E-state index >= 15 is 0 Å². The summed E-state index contributed by atoms with van der Waals surface area (Å²) in [6, 6.07) is 11.3. The van der Waals surface area contributed by atoms with Gasteiger partial charge in [0.25, 0.3) is 5.91 Å². The molecule has 0 radical (unpaired) electrons. The van der Waals surface area contributed by atoms with Gasteiger partial charge in [-0.3, -0.25) is 9.20 Å². The highest BCUT2D eigenvalue weighted by Crippen LogP contribution is 2.31. The number of carbonyl (C=O) groups excluding carboxylic acids is 1. The molecule has 4 aromatic rings. The van der Waals surface area contributed by atoms with Gasteiger partial charge in [0.2, 0.25) is 0 Å². The fourth-order valence-corrected chi connectivity index (χ4v) is 4.36. The first-order valence-corrected chi connectivity index (χ1v) is 11.3. The maximum atomic E-state index is 12.9. The molecule has 2 aromatic heterocycles. The normalized spacial score (nSPS) is 13.8. The second kappa shape index (κ2) is 9.32. The number of carbonyl (C=O) groups is 1. The van der Waals surface area contributed by atoms with Gasteiger partial charge in [-0.1, -0.05) is 11.6 Å². The highest BCUT2D eigenvalue weighted by Gasteiger charge is 2.20. The Balaban J connectivity index is 1.42. The number of hydrogen-bond donors (Lipinski definition) is 1. The van der Waals surface area contributed by atoms with Crippen molar-refractivity contribution in [3.63, 3.8) is 0 Å². The number of halogens is 1. The van der Waals surface area contributed by atoms with E-state index in [-0.39, 0.29) is 5.91 Å². The highest BCUT2D eigenvalue weighted by molar-refractivity contribution is 6.32. The van der Waals surface area contributed by atoms with Crippen molar-refractivity contribution in [2.45, 2.75) is 6.92 Å². The fraction of sp³-hybridized carbons (Fsp3) is 0.240. The molecule has 9 heteroatoms. The summed E-state index contributed by atoms with van der Waals surface area (Å²) in [5.74, 6) is 1.26. The first-order valence-electron chi connectivity index (χ1n) is 11.0. The van der Waals surface area contributed by atoms with Crippen molar-refractivity contribution in [1.29, 1.82) is 0 Å². The van der Waals surface area contributed by atoms with Gasteiger partial charge in [0.1, 0.15) is 5.75 Å². The number of imidazole rings is 1. The number of benzene rings is 2. The number of ether oxygens (including phenoxy) is 2. The summed E-state index contributed by atoms with van der Waals surface area (Å²) in [6.07, 6.45) is 5.36. The smallest absolute Gasteiger partial charge is 0.254 e. The Morgan fingerprint density at radius 2 is 1.97 bits per heavy atom. The molecule has 174 valence electrons. The van der Waals surface area contributed by atoms with E-state index in [0.717, 1.165) is 22.5 Å². The Hall–Kier alpha value is -3.62. The molecule has 2 aromatic carbocycles. The molecule has 1 saturated heterocycles. The van der Waals surface area contributed by atoms with Crippen molar-refractivity contribution in [2.75, 3.05) is 38.7 Å². The zero-order valence-electron chi connectivity index (χ0n) is 18.9. The summed E-state index contributed by atoms with van der Waals surface area (Å²) in [4.78, 5) is 23.8. The van der Waals surface area contributed by atoms with Crippen LogP contribution < -0.4 is 10.1 Å². The summed E-state index contributed by atoms with van der Waals surface area (Å²) in [5.41, 5.74) is 4.89. The van der Waals surface area contributed by atoms with Gasteiger partial charge < -0.3 is 19.7 Å². The predicted molar refractivity (Wildman–Crippen MR) is 131 cm³/mol. The van der Waals surface area contributed by atoms with Gasteiger partial charge in [-0.15, -0.1) is 0 Å². The molecule has 1 N–H and O–H groups in total. The molecule has 0 bridgehead atoms. The minimum atomic E-state index is 0.0311. The van der Waals surface area contributed by atoms with Crippen LogP contribution in [-0.4, -0.2) is 58.6 Å². The first kappa shape index (κ1) is 22.2. The number of aryl methyl sites for hydroxylation is 1. The number of nitrogens with zero attached hydrogens (tertiary/aromatic N) is 4. The van der Waals surface area contributed by atoms with Crippen LogP contribution in [0.1, 0.15) is 15.9 Å². The van der Waals surface area contributed by atoms with E-state index in [1.165, 1.54) is 0 Å². The quantitative estimate of drug-likeness (QED) is 0.453. The Kier molecular flexibility index (Phi) is 6.08. The van der Waals surface area contributed by atoms with Gasteiger partial charge >= 0.3 is 0 Å². The number of nitrogens with one attached hydrogen (secondary N) is 1. The minimum absolute atomic E-state index is 0.0311. The SMILES string of the molecule is COc1ccc(-c2cnc3c(Nc4ccc(C(=O)N5CCOCC5)c(C)c4)nccn23)cc1Cl. The van der Waals surface area contributed by atoms with Gasteiger partial charge in [0, 0.05) is 42.3 Å². The monoisotopic (exact) mass is 477 g/mol. The largest absolute Gasteiger partial charge is 0.495 e. The molecule has 34 heavy (non-hydrogen) atoms. The highest BCUT2D eigenvalue weighted by atomic mass is 35.5. The van der Waals surface area contributed by atoms with E-state index in [9.17, 15) is 4.79 Å². The van der Waals surface area contributed by atoms with E-state index in [4.69, 9.17) is 21.1 Å². The molecule has 8 nitrogen and oxygen atoms in total. The van der Waals surface area contributed by atoms with Crippen molar-refractivity contribution in [3.05, 3.63) is 71.1 Å². The molecule has 0 spiro atoms. The van der Waals surface area contributed by atoms with Crippen molar-refractivity contribution in [2.24, 2.45) is 0 Å². The third kappa shape index (κ3) is 4.18. The third-order valence-corrected chi connectivity index (χ3v) is 6.19. The Labute approximate surface area is 202 Å². The van der Waals surface area contributed by atoms with Crippen molar-refractivity contribution >= 4 is 34.7 Å². The van der Waals surface area contributed by atoms with E-state index in [2.05, 4.69) is 15.3 Å². The average molecular weight is 478 g/mol. The van der Waals surface area contributed by atoms with Gasteiger partial charge in [-0.2, -0.15) is 0 Å². The number of hydrogen-bond acceptors (Lipinski definition) is 6. The molecule has 1 amide bonds. The van der Waals surface area contributed by atoms with Crippen molar-refractivity contribution in [1.82, 2.24) is 19.3 Å². The van der Waals surface area contributed by atoms with Crippen LogP contribution in [0.5, 0.6) is 5.75 Å². The van der Waals surface area contributed by atoms with Gasteiger partial charge in [-0.05, 0) is 48.9 Å². The lowest BCUT2D eigenvalue weighted by Gasteiger charge is -2.27. The zero-order chi connectivity index (χ0) is 23.7. The molecule has 5 rings (SSSR count). The second-order valence-corrected chi connectivity index (χ2v) is 8.43. The zero-order valence-corrected chi connectivity index (χ0v) is 19.7. The third-order valence-electron chi connectivity index (χ3n) is 5.89. The summed E-state index contributed by atoms with van der Waals surface area (Å²) in [6.45, 7) is 4.33. The fourth-order valence-electron chi connectivity index (χ4n) is 4.10. The molecular weight excluding hydrogens is 454 g/mol. The van der Waals surface area contributed by atoms with Gasteiger partial charge in [-0.25, -0.2) is 9.97 Å². The molecule has 1 fully saturated rings. The summed E-state index contributed by atoms with van der Waals surface area (Å²) in [7, 11) is 1.59. The maximum Gasteiger partial charge on any atom is 0.254 e.